The van der Waals surface area contributed by atoms with E-state index in [-0.39, 0.29) is 4.90 Å². The fourth-order valence-corrected chi connectivity index (χ4v) is 6.45. The molecule has 2 aromatic carbocycles. The molecule has 3 rings (SSSR count). The van der Waals surface area contributed by atoms with Crippen LogP contribution in [0.4, 0.5) is 0 Å². The quantitative estimate of drug-likeness (QED) is 0.311. The molecule has 0 radical (unpaired) electrons. The molecule has 1 aromatic heterocycles. The second-order valence-corrected chi connectivity index (χ2v) is 11.2. The zero-order valence-electron chi connectivity index (χ0n) is 12.2. The molecule has 0 saturated heterocycles. The monoisotopic (exact) mass is 476 g/mol. The Balaban J connectivity index is 2.19. The Bertz CT molecular complexity index is 1070. The van der Waals surface area contributed by atoms with E-state index in [0.717, 1.165) is 29.9 Å². The number of rotatable bonds is 3. The van der Waals surface area contributed by atoms with E-state index in [9.17, 15) is 8.42 Å². The van der Waals surface area contributed by atoms with Crippen molar-refractivity contribution in [1.82, 2.24) is 0 Å². The summed E-state index contributed by atoms with van der Waals surface area (Å²) in [5.41, 5.74) is 2.76. The van der Waals surface area contributed by atoms with E-state index in [1.165, 1.54) is 22.7 Å². The van der Waals surface area contributed by atoms with Gasteiger partial charge in [0.2, 0.25) is 0 Å². The Morgan fingerprint density at radius 2 is 1.75 bits per heavy atom. The van der Waals surface area contributed by atoms with E-state index >= 15 is 0 Å². The smallest absolute Gasteiger partial charge is 0.175 e. The molecule has 0 aliphatic carbocycles. The van der Waals surface area contributed by atoms with Crippen LogP contribution in [0.25, 0.3) is 21.6 Å². The molecule has 24 heavy (non-hydrogen) atoms. The van der Waals surface area contributed by atoms with E-state index in [4.69, 9.17) is 23.8 Å². The highest BCUT2D eigenvalue weighted by atomic mass is 79.9. The van der Waals surface area contributed by atoms with Crippen LogP contribution < -0.4 is 0 Å². The highest BCUT2D eigenvalue weighted by Crippen LogP contribution is 2.44. The molecule has 0 N–H and O–H groups in total. The van der Waals surface area contributed by atoms with Crippen LogP contribution in [-0.2, 0) is 9.84 Å². The van der Waals surface area contributed by atoms with Gasteiger partial charge in [-0.05, 0) is 29.8 Å². The van der Waals surface area contributed by atoms with Crippen LogP contribution in [0.3, 0.4) is 0 Å². The number of benzene rings is 2. The van der Waals surface area contributed by atoms with Crippen molar-refractivity contribution >= 4 is 70.3 Å². The van der Waals surface area contributed by atoms with Gasteiger partial charge < -0.3 is 0 Å². The standard InChI is InChI=1S/C16H10BrClO2S4/c1-24(19,20)11-6-7-12(13(18)8-11)15-14(16(21)23-22-15)9-2-4-10(17)5-3-9/h2-8H,1H3. The van der Waals surface area contributed by atoms with Crippen LogP contribution in [0.2, 0.25) is 5.02 Å². The summed E-state index contributed by atoms with van der Waals surface area (Å²) >= 11 is 15.3. The molecule has 0 spiro atoms. The zero-order chi connectivity index (χ0) is 17.5. The summed E-state index contributed by atoms with van der Waals surface area (Å²) in [6.45, 7) is 0. The maximum Gasteiger partial charge on any atom is 0.175 e. The lowest BCUT2D eigenvalue weighted by atomic mass is 10.0. The summed E-state index contributed by atoms with van der Waals surface area (Å²) in [7, 11) is -0.231. The summed E-state index contributed by atoms with van der Waals surface area (Å²) < 4.78 is 25.2. The fraction of sp³-hybridized carbons (Fsp3) is 0.0625. The molecule has 2 nitrogen and oxygen atoms in total. The molecule has 0 atom stereocenters. The van der Waals surface area contributed by atoms with Gasteiger partial charge in [0.05, 0.1) is 14.8 Å². The third-order valence-electron chi connectivity index (χ3n) is 3.38. The second-order valence-electron chi connectivity index (χ2n) is 5.08. The van der Waals surface area contributed by atoms with Gasteiger partial charge in [0.25, 0.3) is 0 Å². The third-order valence-corrected chi connectivity index (χ3v) is 8.38. The summed E-state index contributed by atoms with van der Waals surface area (Å²) in [5.74, 6) is 0. The Morgan fingerprint density at radius 3 is 2.33 bits per heavy atom. The van der Waals surface area contributed by atoms with Crippen molar-refractivity contribution in [3.8, 4) is 21.6 Å². The van der Waals surface area contributed by atoms with E-state index in [1.54, 1.807) is 22.5 Å². The molecule has 8 heteroatoms. The van der Waals surface area contributed by atoms with Crippen molar-refractivity contribution in [2.24, 2.45) is 0 Å². The van der Waals surface area contributed by atoms with Crippen molar-refractivity contribution in [3.05, 3.63) is 55.8 Å². The van der Waals surface area contributed by atoms with E-state index in [1.807, 2.05) is 24.3 Å². The van der Waals surface area contributed by atoms with Crippen LogP contribution in [0.1, 0.15) is 0 Å². The van der Waals surface area contributed by atoms with Crippen LogP contribution in [0, 0.1) is 3.82 Å². The molecule has 0 aliphatic rings. The van der Waals surface area contributed by atoms with Gasteiger partial charge in [-0.3, -0.25) is 0 Å². The van der Waals surface area contributed by atoms with E-state index in [2.05, 4.69) is 15.9 Å². The van der Waals surface area contributed by atoms with Gasteiger partial charge in [-0.15, -0.1) is 0 Å². The van der Waals surface area contributed by atoms with E-state index in [0.29, 0.717) is 5.02 Å². The average Bonchev–Trinajstić information content (AvgIpc) is 2.89. The maximum atomic E-state index is 11.7. The Morgan fingerprint density at radius 1 is 1.08 bits per heavy atom. The number of hydrogen-bond acceptors (Lipinski definition) is 5. The lowest BCUT2D eigenvalue weighted by Gasteiger charge is -2.08. The molecule has 3 aromatic rings. The Kier molecular flexibility index (Phi) is 5.30. The first-order valence-corrected chi connectivity index (χ1v) is 12.3. The molecular formula is C16H10BrClO2S4. The van der Waals surface area contributed by atoms with Crippen molar-refractivity contribution in [1.29, 1.82) is 0 Å². The SMILES string of the molecule is CS(=O)(=O)c1ccc(-c2ssc(=S)c2-c2ccc(Br)cc2)c(Cl)c1. The average molecular weight is 478 g/mol. The van der Waals surface area contributed by atoms with E-state index < -0.39 is 9.84 Å². The van der Waals surface area contributed by atoms with Gasteiger partial charge >= 0.3 is 0 Å². The van der Waals surface area contributed by atoms with Gasteiger partial charge in [-0.2, -0.15) is 0 Å². The fourth-order valence-electron chi connectivity index (χ4n) is 2.21. The summed E-state index contributed by atoms with van der Waals surface area (Å²) in [4.78, 5) is 1.16. The highest BCUT2D eigenvalue weighted by molar-refractivity contribution is 9.10. The maximum absolute atomic E-state index is 11.7. The Hall–Kier alpha value is -0.570. The molecular weight excluding hydrogens is 468 g/mol. The van der Waals surface area contributed by atoms with Gasteiger partial charge in [0.1, 0.15) is 3.82 Å². The van der Waals surface area contributed by atoms with Crippen molar-refractivity contribution in [2.45, 2.75) is 4.90 Å². The highest BCUT2D eigenvalue weighted by Gasteiger charge is 2.17. The first-order valence-electron chi connectivity index (χ1n) is 6.66. The van der Waals surface area contributed by atoms with Crippen LogP contribution in [0.5, 0.6) is 0 Å². The van der Waals surface area contributed by atoms with Gasteiger partial charge in [-0.1, -0.05) is 78.6 Å². The second kappa shape index (κ2) is 6.97. The van der Waals surface area contributed by atoms with Crippen LogP contribution in [0.15, 0.2) is 51.8 Å². The molecule has 0 aliphatic heterocycles. The predicted molar refractivity (Wildman–Crippen MR) is 110 cm³/mol. The lowest BCUT2D eigenvalue weighted by molar-refractivity contribution is 0.602. The third kappa shape index (κ3) is 3.66. The van der Waals surface area contributed by atoms with Crippen molar-refractivity contribution in [3.63, 3.8) is 0 Å². The van der Waals surface area contributed by atoms with Crippen molar-refractivity contribution in [2.75, 3.05) is 6.26 Å². The first kappa shape index (κ1) is 18.2. The molecule has 0 unspecified atom stereocenters. The summed E-state index contributed by atoms with van der Waals surface area (Å²) in [6.07, 6.45) is 1.17. The van der Waals surface area contributed by atoms with Crippen LogP contribution in [-0.4, -0.2) is 14.7 Å². The number of hydrogen-bond donors (Lipinski definition) is 0. The number of halogens is 2. The molecule has 1 heterocycles. The minimum absolute atomic E-state index is 0.209. The molecule has 124 valence electrons. The lowest BCUT2D eigenvalue weighted by Crippen LogP contribution is -1.96. The van der Waals surface area contributed by atoms with Gasteiger partial charge in [0.15, 0.2) is 9.84 Å². The summed E-state index contributed by atoms with van der Waals surface area (Å²) in [6, 6.07) is 12.7. The Labute approximate surface area is 166 Å². The predicted octanol–water partition coefficient (Wildman–Crippen LogP) is 6.69. The number of sulfone groups is 1. The van der Waals surface area contributed by atoms with Crippen molar-refractivity contribution < 1.29 is 8.42 Å². The molecule has 0 bridgehead atoms. The minimum Gasteiger partial charge on any atom is -0.224 e. The summed E-state index contributed by atoms with van der Waals surface area (Å²) in [5, 5.41) is 0.403. The zero-order valence-corrected chi connectivity index (χ0v) is 17.9. The minimum atomic E-state index is -3.29. The largest absolute Gasteiger partial charge is 0.224 e. The van der Waals surface area contributed by atoms with Crippen LogP contribution >= 0.6 is 60.4 Å². The van der Waals surface area contributed by atoms with Gasteiger partial charge in [0, 0.05) is 21.9 Å². The molecule has 0 fully saturated rings. The topological polar surface area (TPSA) is 34.1 Å². The normalized spacial score (nSPS) is 11.6. The molecule has 0 amide bonds. The van der Waals surface area contributed by atoms with Gasteiger partial charge in [-0.25, -0.2) is 8.42 Å². The molecule has 0 saturated carbocycles. The first-order chi connectivity index (χ1) is 11.3.